The highest BCUT2D eigenvalue weighted by molar-refractivity contribution is 8.00. The number of thiophene rings is 1. The van der Waals surface area contributed by atoms with Gasteiger partial charge >= 0.3 is 0 Å². The molecule has 0 saturated heterocycles. The predicted molar refractivity (Wildman–Crippen MR) is 57.5 cm³/mol. The van der Waals surface area contributed by atoms with E-state index in [0.29, 0.717) is 0 Å². The molecule has 0 aromatic carbocycles. The van der Waals surface area contributed by atoms with Crippen molar-refractivity contribution in [3.05, 3.63) is 16.0 Å². The molecular formula is C10H11OS2. The molecule has 3 heteroatoms. The SMILES string of the molecule is CSc1sc([C]=O)c2c1CCCC2. The molecule has 1 nitrogen and oxygen atoms in total. The molecule has 1 aromatic rings. The summed E-state index contributed by atoms with van der Waals surface area (Å²) in [6.07, 6.45) is 8.88. The Balaban J connectivity index is 2.50. The average Bonchev–Trinajstić information content (AvgIpc) is 2.56. The molecule has 0 bridgehead atoms. The van der Waals surface area contributed by atoms with Crippen molar-refractivity contribution in [3.8, 4) is 0 Å². The van der Waals surface area contributed by atoms with Gasteiger partial charge in [0.15, 0.2) is 0 Å². The predicted octanol–water partition coefficient (Wildman–Crippen LogP) is 2.81. The van der Waals surface area contributed by atoms with Crippen molar-refractivity contribution in [1.82, 2.24) is 0 Å². The van der Waals surface area contributed by atoms with Crippen LogP contribution in [0.15, 0.2) is 4.21 Å². The van der Waals surface area contributed by atoms with E-state index in [1.807, 2.05) is 0 Å². The Morgan fingerprint density at radius 1 is 1.31 bits per heavy atom. The molecule has 1 heterocycles. The first-order chi connectivity index (χ1) is 6.36. The Morgan fingerprint density at radius 3 is 2.62 bits per heavy atom. The molecule has 0 aliphatic heterocycles. The molecule has 0 unspecified atom stereocenters. The normalized spacial score (nSPS) is 15.5. The number of hydrogen-bond acceptors (Lipinski definition) is 3. The second-order valence-corrected chi connectivity index (χ2v) is 5.28. The van der Waals surface area contributed by atoms with E-state index in [0.717, 1.165) is 17.7 Å². The molecule has 1 aliphatic rings. The molecule has 0 N–H and O–H groups in total. The van der Waals surface area contributed by atoms with Gasteiger partial charge in [-0.25, -0.2) is 0 Å². The van der Waals surface area contributed by atoms with Crippen LogP contribution in [0.4, 0.5) is 0 Å². The maximum atomic E-state index is 10.7. The van der Waals surface area contributed by atoms with Crippen LogP contribution in [0.3, 0.4) is 0 Å². The largest absolute Gasteiger partial charge is 0.284 e. The Hall–Kier alpha value is -0.280. The van der Waals surface area contributed by atoms with Gasteiger partial charge in [0.2, 0.25) is 6.29 Å². The first-order valence-electron chi connectivity index (χ1n) is 4.43. The zero-order chi connectivity index (χ0) is 9.26. The lowest BCUT2D eigenvalue weighted by atomic mass is 9.94. The second kappa shape index (κ2) is 3.84. The van der Waals surface area contributed by atoms with Crippen molar-refractivity contribution in [2.45, 2.75) is 29.9 Å². The first-order valence-corrected chi connectivity index (χ1v) is 6.47. The number of hydrogen-bond donors (Lipinski definition) is 0. The molecule has 0 fully saturated rings. The Morgan fingerprint density at radius 2 is 2.00 bits per heavy atom. The van der Waals surface area contributed by atoms with Crippen LogP contribution in [0.25, 0.3) is 0 Å². The topological polar surface area (TPSA) is 17.1 Å². The van der Waals surface area contributed by atoms with E-state index >= 15 is 0 Å². The summed E-state index contributed by atoms with van der Waals surface area (Å²) in [4.78, 5) is 11.5. The summed E-state index contributed by atoms with van der Waals surface area (Å²) in [7, 11) is 0. The quantitative estimate of drug-likeness (QED) is 0.700. The van der Waals surface area contributed by atoms with Crippen LogP contribution < -0.4 is 0 Å². The monoisotopic (exact) mass is 211 g/mol. The lowest BCUT2D eigenvalue weighted by Gasteiger charge is -2.12. The molecule has 13 heavy (non-hydrogen) atoms. The third-order valence-electron chi connectivity index (χ3n) is 2.46. The minimum atomic E-state index is 0.846. The molecule has 69 valence electrons. The maximum Gasteiger partial charge on any atom is 0.244 e. The third kappa shape index (κ3) is 1.55. The molecular weight excluding hydrogens is 200 g/mol. The number of thioether (sulfide) groups is 1. The molecule has 0 atom stereocenters. The van der Waals surface area contributed by atoms with Gasteiger partial charge in [0, 0.05) is 0 Å². The summed E-state index contributed by atoms with van der Waals surface area (Å²) in [5.74, 6) is 0. The molecule has 1 radical (unpaired) electrons. The van der Waals surface area contributed by atoms with E-state index in [2.05, 4.69) is 12.5 Å². The van der Waals surface area contributed by atoms with Crippen LogP contribution in [-0.4, -0.2) is 12.5 Å². The number of rotatable bonds is 2. The summed E-state index contributed by atoms with van der Waals surface area (Å²) in [6.45, 7) is 0. The Kier molecular flexibility index (Phi) is 2.74. The minimum absolute atomic E-state index is 0.846. The van der Waals surface area contributed by atoms with Crippen molar-refractivity contribution >= 4 is 29.4 Å². The highest BCUT2D eigenvalue weighted by Gasteiger charge is 2.20. The molecule has 1 aliphatic carbocycles. The van der Waals surface area contributed by atoms with Crippen molar-refractivity contribution in [2.24, 2.45) is 0 Å². The standard InChI is InChI=1S/C10H11OS2/c1-12-10-8-5-3-2-4-7(8)9(6-11)13-10/h2-5H2,1H3. The molecule has 1 aromatic heterocycles. The van der Waals surface area contributed by atoms with E-state index < -0.39 is 0 Å². The van der Waals surface area contributed by atoms with Gasteiger partial charge < -0.3 is 0 Å². The zero-order valence-corrected chi connectivity index (χ0v) is 9.19. The maximum absolute atomic E-state index is 10.7. The van der Waals surface area contributed by atoms with Gasteiger partial charge in [-0.3, -0.25) is 4.79 Å². The van der Waals surface area contributed by atoms with Gasteiger partial charge in [-0.05, 0) is 43.1 Å². The van der Waals surface area contributed by atoms with E-state index in [1.54, 1.807) is 23.1 Å². The zero-order valence-electron chi connectivity index (χ0n) is 7.55. The fraction of sp³-hybridized carbons (Fsp3) is 0.500. The third-order valence-corrected chi connectivity index (χ3v) is 4.79. The van der Waals surface area contributed by atoms with Gasteiger partial charge in [0.05, 0.1) is 9.09 Å². The van der Waals surface area contributed by atoms with Crippen molar-refractivity contribution in [3.63, 3.8) is 0 Å². The average molecular weight is 211 g/mol. The summed E-state index contributed by atoms with van der Waals surface area (Å²) in [5.41, 5.74) is 2.72. The van der Waals surface area contributed by atoms with E-state index in [1.165, 1.54) is 28.2 Å². The fourth-order valence-corrected chi connectivity index (χ4v) is 3.82. The van der Waals surface area contributed by atoms with E-state index in [-0.39, 0.29) is 0 Å². The van der Waals surface area contributed by atoms with Crippen LogP contribution in [0, 0.1) is 0 Å². The van der Waals surface area contributed by atoms with Crippen LogP contribution in [0.5, 0.6) is 0 Å². The number of fused-ring (bicyclic) bond motifs is 1. The molecule has 2 rings (SSSR count). The Bertz CT molecular complexity index is 328. The lowest BCUT2D eigenvalue weighted by molar-refractivity contribution is 0.562. The second-order valence-electron chi connectivity index (χ2n) is 3.19. The molecule has 0 saturated carbocycles. The van der Waals surface area contributed by atoms with Crippen molar-refractivity contribution in [2.75, 3.05) is 6.26 Å². The highest BCUT2D eigenvalue weighted by atomic mass is 32.2. The van der Waals surface area contributed by atoms with E-state index in [9.17, 15) is 4.79 Å². The van der Waals surface area contributed by atoms with Crippen molar-refractivity contribution in [1.29, 1.82) is 0 Å². The van der Waals surface area contributed by atoms with Crippen molar-refractivity contribution < 1.29 is 4.79 Å². The number of carbonyl (C=O) groups excluding carboxylic acids is 1. The van der Waals surface area contributed by atoms with Crippen LogP contribution >= 0.6 is 23.1 Å². The minimum Gasteiger partial charge on any atom is -0.284 e. The Labute approximate surface area is 86.5 Å². The lowest BCUT2D eigenvalue weighted by Crippen LogP contribution is -2.01. The van der Waals surface area contributed by atoms with Gasteiger partial charge in [-0.15, -0.1) is 23.1 Å². The van der Waals surface area contributed by atoms with Crippen LogP contribution in [0.2, 0.25) is 0 Å². The summed E-state index contributed by atoms with van der Waals surface area (Å²) < 4.78 is 1.33. The van der Waals surface area contributed by atoms with Gasteiger partial charge in [-0.2, -0.15) is 0 Å². The summed E-state index contributed by atoms with van der Waals surface area (Å²) in [5, 5.41) is 0. The summed E-state index contributed by atoms with van der Waals surface area (Å²) in [6, 6.07) is 0. The van der Waals surface area contributed by atoms with Crippen LogP contribution in [-0.2, 0) is 17.6 Å². The highest BCUT2D eigenvalue weighted by Crippen LogP contribution is 2.38. The van der Waals surface area contributed by atoms with Gasteiger partial charge in [-0.1, -0.05) is 0 Å². The smallest absolute Gasteiger partial charge is 0.244 e. The molecule has 0 amide bonds. The fourth-order valence-electron chi connectivity index (χ4n) is 1.84. The molecule has 0 spiro atoms. The van der Waals surface area contributed by atoms with Gasteiger partial charge in [0.1, 0.15) is 0 Å². The van der Waals surface area contributed by atoms with Crippen LogP contribution in [0.1, 0.15) is 28.8 Å². The van der Waals surface area contributed by atoms with Gasteiger partial charge in [0.25, 0.3) is 0 Å². The first kappa shape index (κ1) is 9.28. The summed E-state index contributed by atoms with van der Waals surface area (Å²) >= 11 is 3.37. The van der Waals surface area contributed by atoms with E-state index in [4.69, 9.17) is 0 Å².